The quantitative estimate of drug-likeness (QED) is 0.0861. The molecule has 3 aromatic carbocycles. The van der Waals surface area contributed by atoms with Gasteiger partial charge in [0, 0.05) is 49.8 Å². The van der Waals surface area contributed by atoms with Gasteiger partial charge in [0.05, 0.1) is 28.6 Å². The number of aliphatic imine (C=N–C) groups is 1. The van der Waals surface area contributed by atoms with E-state index < -0.39 is 17.9 Å². The lowest BCUT2D eigenvalue weighted by atomic mass is 9.95. The third-order valence-electron chi connectivity index (χ3n) is 9.90. The minimum absolute atomic E-state index is 0.0289. The molecule has 2 heterocycles. The number of ether oxygens (including phenoxy) is 1. The Morgan fingerprint density at radius 1 is 1.02 bits per heavy atom. The number of piperidine rings is 1. The highest BCUT2D eigenvalue weighted by Crippen LogP contribution is 2.34. The number of likely N-dealkylation sites (tertiary alicyclic amines) is 1. The van der Waals surface area contributed by atoms with Gasteiger partial charge in [0.25, 0.3) is 5.91 Å². The predicted octanol–water partition coefficient (Wildman–Crippen LogP) is 4.95. The SMILES string of the molecule is CCN=C(N)N1CCC(Oc2ccc(N(C(=O)c3ccccc3C(=O)O)C(CC(=O)NC3CCCCC3)c3nc4ccc(C(=N)N)cc4[nH]3)cc2)CC1. The second kappa shape index (κ2) is 16.6. The number of H-pyrrole nitrogens is 1. The molecule has 1 unspecified atom stereocenters. The first-order chi connectivity index (χ1) is 25.6. The van der Waals surface area contributed by atoms with Crippen LogP contribution in [0.1, 0.15) is 96.4 Å². The Balaban J connectivity index is 1.37. The van der Waals surface area contributed by atoms with Crippen LogP contribution in [-0.4, -0.2) is 81.3 Å². The van der Waals surface area contributed by atoms with Gasteiger partial charge in [-0.25, -0.2) is 9.78 Å². The summed E-state index contributed by atoms with van der Waals surface area (Å²) in [5, 5.41) is 21.1. The van der Waals surface area contributed by atoms with Crippen molar-refractivity contribution in [3.05, 3.63) is 89.2 Å². The molecular weight excluding hydrogens is 674 g/mol. The first kappa shape index (κ1) is 36.9. The van der Waals surface area contributed by atoms with Gasteiger partial charge in [0.2, 0.25) is 5.91 Å². The summed E-state index contributed by atoms with van der Waals surface area (Å²) in [5.74, 6) is -0.779. The molecule has 1 aliphatic carbocycles. The highest BCUT2D eigenvalue weighted by atomic mass is 16.5. The van der Waals surface area contributed by atoms with Gasteiger partial charge in [-0.3, -0.25) is 24.9 Å². The molecule has 1 aromatic heterocycles. The zero-order chi connectivity index (χ0) is 37.5. The maximum absolute atomic E-state index is 14.7. The highest BCUT2D eigenvalue weighted by Gasteiger charge is 2.34. The van der Waals surface area contributed by atoms with Crippen LogP contribution < -0.4 is 26.4 Å². The molecule has 2 amide bonds. The molecule has 4 aromatic rings. The van der Waals surface area contributed by atoms with E-state index in [2.05, 4.69) is 20.2 Å². The number of carboxylic acid groups (broad SMARTS) is 1. The van der Waals surface area contributed by atoms with Crippen molar-refractivity contribution in [2.75, 3.05) is 24.5 Å². The molecule has 1 saturated heterocycles. The monoisotopic (exact) mass is 721 g/mol. The van der Waals surface area contributed by atoms with Crippen molar-refractivity contribution in [2.24, 2.45) is 16.5 Å². The summed E-state index contributed by atoms with van der Waals surface area (Å²) >= 11 is 0. The molecule has 2 aliphatic rings. The van der Waals surface area contributed by atoms with E-state index in [0.29, 0.717) is 46.4 Å². The van der Waals surface area contributed by atoms with Gasteiger partial charge in [0.15, 0.2) is 5.96 Å². The molecule has 278 valence electrons. The number of guanidine groups is 1. The van der Waals surface area contributed by atoms with Crippen LogP contribution in [0.15, 0.2) is 71.7 Å². The van der Waals surface area contributed by atoms with Gasteiger partial charge in [-0.1, -0.05) is 31.4 Å². The summed E-state index contributed by atoms with van der Waals surface area (Å²) in [4.78, 5) is 56.8. The number of rotatable bonds is 12. The van der Waals surface area contributed by atoms with Crippen molar-refractivity contribution >= 4 is 46.3 Å². The molecule has 0 bridgehead atoms. The summed E-state index contributed by atoms with van der Waals surface area (Å²) in [5.41, 5.74) is 13.7. The number of hydrogen-bond acceptors (Lipinski definition) is 7. The Hall–Kier alpha value is -5.92. The topological polar surface area (TPSA) is 216 Å². The van der Waals surface area contributed by atoms with Crippen molar-refractivity contribution in [3.8, 4) is 5.75 Å². The number of hydrogen-bond donors (Lipinski definition) is 6. The fraction of sp³-hybridized carbons (Fsp3) is 0.385. The first-order valence-electron chi connectivity index (χ1n) is 18.2. The van der Waals surface area contributed by atoms with Crippen LogP contribution in [0.4, 0.5) is 5.69 Å². The average Bonchev–Trinajstić information content (AvgIpc) is 3.59. The summed E-state index contributed by atoms with van der Waals surface area (Å²) < 4.78 is 6.34. The van der Waals surface area contributed by atoms with Crippen molar-refractivity contribution < 1.29 is 24.2 Å². The van der Waals surface area contributed by atoms with Crippen LogP contribution in [-0.2, 0) is 4.79 Å². The molecule has 0 radical (unpaired) electrons. The van der Waals surface area contributed by atoms with Crippen LogP contribution in [0.5, 0.6) is 5.75 Å². The van der Waals surface area contributed by atoms with E-state index in [4.69, 9.17) is 26.6 Å². The Labute approximate surface area is 308 Å². The fourth-order valence-corrected chi connectivity index (χ4v) is 7.14. The molecule has 14 heteroatoms. The number of imidazole rings is 1. The molecular formula is C39H47N9O5. The number of carbonyl (C=O) groups excluding carboxylic acids is 2. The Kier molecular flexibility index (Phi) is 11.6. The van der Waals surface area contributed by atoms with Gasteiger partial charge < -0.3 is 36.5 Å². The summed E-state index contributed by atoms with van der Waals surface area (Å²) in [6, 6.07) is 17.2. The van der Waals surface area contributed by atoms with Crippen LogP contribution in [0.25, 0.3) is 11.0 Å². The third-order valence-corrected chi connectivity index (χ3v) is 9.90. The molecule has 6 rings (SSSR count). The van der Waals surface area contributed by atoms with Crippen molar-refractivity contribution in [1.82, 2.24) is 20.2 Å². The van der Waals surface area contributed by atoms with E-state index in [9.17, 15) is 19.5 Å². The van der Waals surface area contributed by atoms with Gasteiger partial charge in [-0.2, -0.15) is 0 Å². The van der Waals surface area contributed by atoms with Gasteiger partial charge in [-0.05, 0) is 74.4 Å². The fourth-order valence-electron chi connectivity index (χ4n) is 7.14. The Morgan fingerprint density at radius 3 is 2.38 bits per heavy atom. The maximum atomic E-state index is 14.7. The molecule has 1 atom stereocenters. The van der Waals surface area contributed by atoms with E-state index in [1.54, 1.807) is 54.6 Å². The first-order valence-corrected chi connectivity index (χ1v) is 18.2. The lowest BCUT2D eigenvalue weighted by Crippen LogP contribution is -2.45. The number of nitrogens with one attached hydrogen (secondary N) is 3. The second-order valence-corrected chi connectivity index (χ2v) is 13.5. The van der Waals surface area contributed by atoms with E-state index >= 15 is 0 Å². The smallest absolute Gasteiger partial charge is 0.336 e. The molecule has 8 N–H and O–H groups in total. The van der Waals surface area contributed by atoms with E-state index in [1.807, 2.05) is 6.92 Å². The van der Waals surface area contributed by atoms with Crippen molar-refractivity contribution in [3.63, 3.8) is 0 Å². The molecule has 53 heavy (non-hydrogen) atoms. The van der Waals surface area contributed by atoms with Crippen molar-refractivity contribution in [1.29, 1.82) is 5.41 Å². The number of fused-ring (bicyclic) bond motifs is 1. The number of aromatic carboxylic acids is 1. The van der Waals surface area contributed by atoms with Gasteiger partial charge in [0.1, 0.15) is 29.6 Å². The normalized spacial score (nSPS) is 16.2. The number of amides is 2. The largest absolute Gasteiger partial charge is 0.490 e. The third kappa shape index (κ3) is 8.76. The van der Waals surface area contributed by atoms with Crippen molar-refractivity contribution in [2.45, 2.75) is 76.5 Å². The molecule has 0 spiro atoms. The van der Waals surface area contributed by atoms with E-state index in [-0.39, 0.29) is 41.4 Å². The van der Waals surface area contributed by atoms with Gasteiger partial charge >= 0.3 is 5.97 Å². The standard InChI is InChI=1S/C39H47N9O5/c1-2-43-39(42)47-20-18-28(19-21-47)53-27-15-13-26(14-16-27)48(37(50)29-10-6-7-11-30(29)38(51)52)33(23-34(49)44-25-8-4-3-5-9-25)36-45-31-17-12-24(35(40)41)22-32(31)46-36/h6-7,10-17,22,25,28,33H,2-5,8-9,18-21,23H2,1H3,(H3,40,41)(H2,42,43)(H,44,49)(H,45,46)(H,51,52). The zero-order valence-corrected chi connectivity index (χ0v) is 29.9. The van der Waals surface area contributed by atoms with Crippen LogP contribution in [0.3, 0.4) is 0 Å². The zero-order valence-electron chi connectivity index (χ0n) is 29.9. The van der Waals surface area contributed by atoms with Crippen LogP contribution >= 0.6 is 0 Å². The van der Waals surface area contributed by atoms with Gasteiger partial charge in [-0.15, -0.1) is 0 Å². The van der Waals surface area contributed by atoms with Crippen LogP contribution in [0, 0.1) is 5.41 Å². The molecule has 14 nitrogen and oxygen atoms in total. The molecule has 1 aliphatic heterocycles. The number of nitrogen functional groups attached to an aromatic ring is 1. The number of nitrogens with two attached hydrogens (primary N) is 2. The lowest BCUT2D eigenvalue weighted by molar-refractivity contribution is -0.122. The number of carboxylic acids is 1. The Morgan fingerprint density at radius 2 is 1.72 bits per heavy atom. The lowest BCUT2D eigenvalue weighted by Gasteiger charge is -2.33. The number of carbonyl (C=O) groups is 3. The van der Waals surface area contributed by atoms with E-state index in [1.165, 1.54) is 17.0 Å². The maximum Gasteiger partial charge on any atom is 0.336 e. The summed E-state index contributed by atoms with van der Waals surface area (Å²) in [7, 11) is 0. The van der Waals surface area contributed by atoms with Crippen LogP contribution in [0.2, 0.25) is 0 Å². The number of amidine groups is 1. The number of nitrogens with zero attached hydrogens (tertiary/aromatic N) is 4. The highest BCUT2D eigenvalue weighted by molar-refractivity contribution is 6.12. The number of aromatic nitrogens is 2. The number of benzene rings is 3. The average molecular weight is 722 g/mol. The molecule has 1 saturated carbocycles. The Bertz CT molecular complexity index is 1980. The number of anilines is 1. The van der Waals surface area contributed by atoms with E-state index in [0.717, 1.165) is 58.0 Å². The minimum atomic E-state index is -1.25. The summed E-state index contributed by atoms with van der Waals surface area (Å²) in [6.07, 6.45) is 6.26. The number of aromatic amines is 1. The molecule has 2 fully saturated rings. The predicted molar refractivity (Wildman–Crippen MR) is 204 cm³/mol. The summed E-state index contributed by atoms with van der Waals surface area (Å²) in [6.45, 7) is 4.01. The second-order valence-electron chi connectivity index (χ2n) is 13.5. The minimum Gasteiger partial charge on any atom is -0.490 e.